The molecule has 0 amide bonds. The van der Waals surface area contributed by atoms with Gasteiger partial charge in [-0.25, -0.2) is 4.79 Å². The summed E-state index contributed by atoms with van der Waals surface area (Å²) in [6, 6.07) is 3.56. The number of rotatable bonds is 1. The second kappa shape index (κ2) is 5.09. The maximum absolute atomic E-state index is 10.3. The molecule has 0 saturated heterocycles. The Bertz CT molecular complexity index is 196. The summed E-state index contributed by atoms with van der Waals surface area (Å²) in [5.41, 5.74) is 0. The SMILES string of the molecule is CC(=O)On1cccc1.[KH]. The molecule has 50 valence electrons. The van der Waals surface area contributed by atoms with Crippen molar-refractivity contribution in [2.24, 2.45) is 0 Å². The second-order valence-corrected chi connectivity index (χ2v) is 1.63. The van der Waals surface area contributed by atoms with Gasteiger partial charge in [-0.1, -0.05) is 0 Å². The molecule has 0 atom stereocenters. The molecular formula is C6H8KNO2. The zero-order valence-electron chi connectivity index (χ0n) is 5.07. The van der Waals surface area contributed by atoms with Crippen molar-refractivity contribution in [3.8, 4) is 0 Å². The minimum atomic E-state index is -0.314. The standard InChI is InChI=1S/C6H7NO2.K.H/c1-6(8)9-7-4-2-3-5-7;;/h2-5H,1H3;;. The first kappa shape index (κ1) is 10.4. The topological polar surface area (TPSA) is 31.2 Å². The van der Waals surface area contributed by atoms with E-state index in [1.54, 1.807) is 24.5 Å². The molecular weight excluding hydrogens is 157 g/mol. The van der Waals surface area contributed by atoms with Crippen LogP contribution in [-0.4, -0.2) is 62.1 Å². The van der Waals surface area contributed by atoms with E-state index >= 15 is 0 Å². The summed E-state index contributed by atoms with van der Waals surface area (Å²) >= 11 is 0. The molecule has 4 heteroatoms. The van der Waals surface area contributed by atoms with Crippen LogP contribution in [0.4, 0.5) is 0 Å². The monoisotopic (exact) mass is 165 g/mol. The van der Waals surface area contributed by atoms with E-state index < -0.39 is 0 Å². The van der Waals surface area contributed by atoms with Crippen molar-refractivity contribution in [2.75, 3.05) is 0 Å². The van der Waals surface area contributed by atoms with Crippen LogP contribution in [-0.2, 0) is 4.79 Å². The van der Waals surface area contributed by atoms with Crippen molar-refractivity contribution in [1.82, 2.24) is 4.73 Å². The third-order valence-electron chi connectivity index (χ3n) is 0.811. The molecule has 0 aliphatic rings. The second-order valence-electron chi connectivity index (χ2n) is 1.63. The van der Waals surface area contributed by atoms with Crippen LogP contribution in [0.1, 0.15) is 6.92 Å². The summed E-state index contributed by atoms with van der Waals surface area (Å²) < 4.78 is 1.35. The van der Waals surface area contributed by atoms with Crippen LogP contribution in [0.15, 0.2) is 24.5 Å². The summed E-state index contributed by atoms with van der Waals surface area (Å²) in [6.07, 6.45) is 3.31. The van der Waals surface area contributed by atoms with Crippen LogP contribution in [0.2, 0.25) is 0 Å². The van der Waals surface area contributed by atoms with Crippen LogP contribution in [0, 0.1) is 0 Å². The van der Waals surface area contributed by atoms with Gasteiger partial charge in [0, 0.05) is 19.3 Å². The van der Waals surface area contributed by atoms with Gasteiger partial charge in [-0.15, -0.1) is 0 Å². The van der Waals surface area contributed by atoms with E-state index in [9.17, 15) is 4.79 Å². The van der Waals surface area contributed by atoms with E-state index in [1.807, 2.05) is 0 Å². The third-order valence-corrected chi connectivity index (χ3v) is 0.811. The van der Waals surface area contributed by atoms with Crippen molar-refractivity contribution in [1.29, 1.82) is 0 Å². The number of aromatic nitrogens is 1. The van der Waals surface area contributed by atoms with E-state index in [1.165, 1.54) is 11.7 Å². The van der Waals surface area contributed by atoms with E-state index in [2.05, 4.69) is 4.84 Å². The van der Waals surface area contributed by atoms with Gasteiger partial charge < -0.3 is 4.84 Å². The van der Waals surface area contributed by atoms with E-state index in [0.29, 0.717) is 0 Å². The van der Waals surface area contributed by atoms with Crippen LogP contribution in [0.25, 0.3) is 0 Å². The normalized spacial score (nSPS) is 8.10. The first-order valence-electron chi connectivity index (χ1n) is 2.61. The van der Waals surface area contributed by atoms with E-state index in [0.717, 1.165) is 0 Å². The van der Waals surface area contributed by atoms with Crippen LogP contribution in [0.5, 0.6) is 0 Å². The number of nitrogens with zero attached hydrogens (tertiary/aromatic N) is 1. The first-order chi connectivity index (χ1) is 4.29. The van der Waals surface area contributed by atoms with Gasteiger partial charge in [-0.2, -0.15) is 4.73 Å². The fraction of sp³-hybridized carbons (Fsp3) is 0.167. The Balaban J connectivity index is 0.000000810. The molecule has 0 aromatic carbocycles. The molecule has 0 fully saturated rings. The molecule has 0 spiro atoms. The van der Waals surface area contributed by atoms with Crippen LogP contribution in [0.3, 0.4) is 0 Å². The summed E-state index contributed by atoms with van der Waals surface area (Å²) in [4.78, 5) is 14.9. The molecule has 3 nitrogen and oxygen atoms in total. The molecule has 0 bridgehead atoms. The van der Waals surface area contributed by atoms with Gasteiger partial charge in [0.2, 0.25) is 0 Å². The molecule has 1 aromatic rings. The molecule has 0 saturated carbocycles. The zero-order chi connectivity index (χ0) is 6.69. The fourth-order valence-corrected chi connectivity index (χ4v) is 0.528. The molecule has 0 aliphatic carbocycles. The Labute approximate surface area is 102 Å². The molecule has 0 unspecified atom stereocenters. The predicted octanol–water partition coefficient (Wildman–Crippen LogP) is -0.185. The van der Waals surface area contributed by atoms with E-state index in [-0.39, 0.29) is 57.4 Å². The summed E-state index contributed by atoms with van der Waals surface area (Å²) in [5, 5.41) is 0. The minimum absolute atomic E-state index is 0. The van der Waals surface area contributed by atoms with Gasteiger partial charge in [0.25, 0.3) is 0 Å². The molecule has 1 aromatic heterocycles. The van der Waals surface area contributed by atoms with Crippen molar-refractivity contribution in [3.63, 3.8) is 0 Å². The average molecular weight is 165 g/mol. The van der Waals surface area contributed by atoms with Gasteiger partial charge in [0.15, 0.2) is 0 Å². The fourth-order valence-electron chi connectivity index (χ4n) is 0.528. The van der Waals surface area contributed by atoms with Crippen molar-refractivity contribution in [2.45, 2.75) is 6.92 Å². The molecule has 10 heavy (non-hydrogen) atoms. The van der Waals surface area contributed by atoms with Crippen molar-refractivity contribution in [3.05, 3.63) is 24.5 Å². The Hall–Kier alpha value is 0.386. The Morgan fingerprint density at radius 2 is 1.90 bits per heavy atom. The number of hydrogen-bond donors (Lipinski definition) is 0. The Morgan fingerprint density at radius 3 is 2.30 bits per heavy atom. The third kappa shape index (κ3) is 3.53. The zero-order valence-corrected chi connectivity index (χ0v) is 5.07. The number of carbonyl (C=O) groups excluding carboxylic acids is 1. The van der Waals surface area contributed by atoms with Gasteiger partial charge in [0.05, 0.1) is 0 Å². The van der Waals surface area contributed by atoms with Crippen LogP contribution < -0.4 is 4.84 Å². The van der Waals surface area contributed by atoms with E-state index in [4.69, 9.17) is 0 Å². The molecule has 0 N–H and O–H groups in total. The quantitative estimate of drug-likeness (QED) is 0.540. The molecule has 0 aliphatic heterocycles. The van der Waals surface area contributed by atoms with Crippen molar-refractivity contribution < 1.29 is 9.63 Å². The van der Waals surface area contributed by atoms with Gasteiger partial charge in [-0.3, -0.25) is 0 Å². The Kier molecular flexibility index (Phi) is 5.29. The molecule has 1 heterocycles. The van der Waals surface area contributed by atoms with Gasteiger partial charge in [-0.05, 0) is 12.1 Å². The Morgan fingerprint density at radius 1 is 1.40 bits per heavy atom. The summed E-state index contributed by atoms with van der Waals surface area (Å²) in [7, 11) is 0. The summed E-state index contributed by atoms with van der Waals surface area (Å²) in [6.45, 7) is 1.36. The molecule has 1 rings (SSSR count). The molecule has 0 radical (unpaired) electrons. The number of carbonyl (C=O) groups is 1. The predicted molar refractivity (Wildman–Crippen MR) is 38.8 cm³/mol. The summed E-state index contributed by atoms with van der Waals surface area (Å²) in [5.74, 6) is -0.314. The first-order valence-corrected chi connectivity index (χ1v) is 2.61. The van der Waals surface area contributed by atoms with Gasteiger partial charge >= 0.3 is 57.4 Å². The number of hydrogen-bond acceptors (Lipinski definition) is 2. The van der Waals surface area contributed by atoms with Gasteiger partial charge in [0.1, 0.15) is 0 Å². The van der Waals surface area contributed by atoms with Crippen LogP contribution >= 0.6 is 0 Å². The average Bonchev–Trinajstić information content (AvgIpc) is 2.15. The maximum atomic E-state index is 10.3. The van der Waals surface area contributed by atoms with Crippen molar-refractivity contribution >= 4 is 57.4 Å².